The molecule has 2 heterocycles. The van der Waals surface area contributed by atoms with Gasteiger partial charge in [0.05, 0.1) is 23.1 Å². The fraction of sp³-hybridized carbons (Fsp3) is 0.444. The molecule has 1 aromatic heterocycles. The van der Waals surface area contributed by atoms with Crippen LogP contribution in [0.2, 0.25) is 5.02 Å². The van der Waals surface area contributed by atoms with Crippen LogP contribution >= 0.6 is 22.9 Å². The molecule has 1 aliphatic rings. The minimum Gasteiger partial charge on any atom is -0.376 e. The first kappa shape index (κ1) is 9.19. The summed E-state index contributed by atoms with van der Waals surface area (Å²) < 4.78 is 5.28. The Morgan fingerprint density at radius 1 is 1.62 bits per heavy atom. The molecule has 0 bridgehead atoms. The van der Waals surface area contributed by atoms with Gasteiger partial charge < -0.3 is 4.74 Å². The van der Waals surface area contributed by atoms with E-state index in [-0.39, 0.29) is 5.78 Å². The van der Waals surface area contributed by atoms with E-state index in [9.17, 15) is 4.79 Å². The van der Waals surface area contributed by atoms with Crippen LogP contribution in [-0.4, -0.2) is 12.4 Å². The molecule has 70 valence electrons. The van der Waals surface area contributed by atoms with Crippen LogP contribution in [0.25, 0.3) is 0 Å². The van der Waals surface area contributed by atoms with E-state index >= 15 is 0 Å². The number of ether oxygens (including phenoxy) is 1. The summed E-state index contributed by atoms with van der Waals surface area (Å²) in [4.78, 5) is 13.1. The highest BCUT2D eigenvalue weighted by Gasteiger charge is 2.21. The van der Waals surface area contributed by atoms with Crippen molar-refractivity contribution in [3.05, 3.63) is 20.3 Å². The van der Waals surface area contributed by atoms with Crippen molar-refractivity contribution in [1.82, 2.24) is 0 Å². The van der Waals surface area contributed by atoms with Gasteiger partial charge in [-0.25, -0.2) is 0 Å². The van der Waals surface area contributed by atoms with Crippen molar-refractivity contribution in [1.29, 1.82) is 0 Å². The van der Waals surface area contributed by atoms with Gasteiger partial charge in [-0.3, -0.25) is 4.79 Å². The lowest BCUT2D eigenvalue weighted by atomic mass is 10.2. The number of halogens is 1. The van der Waals surface area contributed by atoms with Gasteiger partial charge >= 0.3 is 0 Å². The zero-order chi connectivity index (χ0) is 9.42. The number of hydrogen-bond acceptors (Lipinski definition) is 3. The van der Waals surface area contributed by atoms with Crippen molar-refractivity contribution in [2.24, 2.45) is 0 Å². The number of hydrogen-bond donors (Lipinski definition) is 0. The summed E-state index contributed by atoms with van der Waals surface area (Å²) in [7, 11) is 0. The lowest BCUT2D eigenvalue weighted by Crippen LogP contribution is -2.06. The Bertz CT molecular complexity index is 357. The maximum atomic E-state index is 11.2. The second-order valence-corrected chi connectivity index (χ2v) is 4.49. The minimum atomic E-state index is 0.0457. The van der Waals surface area contributed by atoms with Gasteiger partial charge in [-0.1, -0.05) is 11.6 Å². The first-order valence-corrected chi connectivity index (χ1v) is 5.28. The molecule has 0 aromatic carbocycles. The second kappa shape index (κ2) is 3.40. The van der Waals surface area contributed by atoms with Crippen LogP contribution in [0.5, 0.6) is 0 Å². The summed E-state index contributed by atoms with van der Waals surface area (Å²) in [5.41, 5.74) is 1.02. The number of fused-ring (bicyclic) bond motifs is 1. The van der Waals surface area contributed by atoms with Crippen LogP contribution in [-0.2, 0) is 17.8 Å². The number of rotatable bonds is 1. The van der Waals surface area contributed by atoms with Crippen LogP contribution in [0.1, 0.15) is 27.0 Å². The highest BCUT2D eigenvalue weighted by Crippen LogP contribution is 2.36. The van der Waals surface area contributed by atoms with E-state index in [4.69, 9.17) is 16.3 Å². The van der Waals surface area contributed by atoms with Gasteiger partial charge in [-0.15, -0.1) is 11.3 Å². The Morgan fingerprint density at radius 2 is 2.38 bits per heavy atom. The molecular weight excluding hydrogens is 208 g/mol. The Hall–Kier alpha value is -0.380. The van der Waals surface area contributed by atoms with Gasteiger partial charge in [-0.2, -0.15) is 0 Å². The molecule has 2 nitrogen and oxygen atoms in total. The number of Topliss-reactive ketones (excluding diaryl/α,β-unsaturated/α-hetero) is 1. The Labute approximate surface area is 85.5 Å². The summed E-state index contributed by atoms with van der Waals surface area (Å²) in [6, 6.07) is 0. The smallest absolute Gasteiger partial charge is 0.171 e. The lowest BCUT2D eigenvalue weighted by molar-refractivity contribution is 0.102. The van der Waals surface area contributed by atoms with Gasteiger partial charge in [0.1, 0.15) is 0 Å². The van der Waals surface area contributed by atoms with Crippen LogP contribution < -0.4 is 0 Å². The molecule has 1 aromatic rings. The van der Waals surface area contributed by atoms with Crippen LogP contribution in [0, 0.1) is 0 Å². The third-order valence-electron chi connectivity index (χ3n) is 2.07. The average molecular weight is 217 g/mol. The molecule has 0 fully saturated rings. The highest BCUT2D eigenvalue weighted by atomic mass is 35.5. The lowest BCUT2D eigenvalue weighted by Gasteiger charge is -2.11. The minimum absolute atomic E-state index is 0.0457. The van der Waals surface area contributed by atoms with Gasteiger partial charge in [0.15, 0.2) is 5.78 Å². The Kier molecular flexibility index (Phi) is 2.41. The Morgan fingerprint density at radius 3 is 3.00 bits per heavy atom. The van der Waals surface area contributed by atoms with Gasteiger partial charge in [0, 0.05) is 23.8 Å². The molecule has 2 rings (SSSR count). The summed E-state index contributed by atoms with van der Waals surface area (Å²) in [6.07, 6.45) is 0.882. The van der Waals surface area contributed by atoms with E-state index in [0.29, 0.717) is 16.5 Å². The molecule has 0 aliphatic carbocycles. The zero-order valence-electron chi connectivity index (χ0n) is 7.22. The number of thiophene rings is 1. The monoisotopic (exact) mass is 216 g/mol. The summed E-state index contributed by atoms with van der Waals surface area (Å²) >= 11 is 7.56. The molecule has 0 unspecified atom stereocenters. The molecule has 1 aliphatic heterocycles. The maximum absolute atomic E-state index is 11.2. The standard InChI is InChI=1S/C9H9ClO2S/c1-5(11)9-8(10)6-4-12-3-2-7(6)13-9/h2-4H2,1H3. The number of carbonyl (C=O) groups is 1. The first-order chi connectivity index (χ1) is 6.20. The number of carbonyl (C=O) groups excluding carboxylic acids is 1. The highest BCUT2D eigenvalue weighted by molar-refractivity contribution is 7.15. The largest absolute Gasteiger partial charge is 0.376 e. The molecular formula is C9H9ClO2S. The predicted octanol–water partition coefficient (Wildman–Crippen LogP) is 2.68. The van der Waals surface area contributed by atoms with Gasteiger partial charge in [0.25, 0.3) is 0 Å². The van der Waals surface area contributed by atoms with E-state index in [2.05, 4.69) is 0 Å². The fourth-order valence-corrected chi connectivity index (χ4v) is 2.95. The molecule has 13 heavy (non-hydrogen) atoms. The van der Waals surface area contributed by atoms with Crippen molar-refractivity contribution in [3.8, 4) is 0 Å². The molecule has 4 heteroatoms. The summed E-state index contributed by atoms with van der Waals surface area (Å²) in [6.45, 7) is 2.84. The third-order valence-corrected chi connectivity index (χ3v) is 3.99. The average Bonchev–Trinajstić information content (AvgIpc) is 2.45. The molecule has 0 saturated heterocycles. The van der Waals surface area contributed by atoms with E-state index in [1.165, 1.54) is 16.2 Å². The fourth-order valence-electron chi connectivity index (χ4n) is 1.40. The third kappa shape index (κ3) is 1.52. The molecule has 0 radical (unpaired) electrons. The first-order valence-electron chi connectivity index (χ1n) is 4.09. The van der Waals surface area contributed by atoms with Gasteiger partial charge in [0.2, 0.25) is 0 Å². The Balaban J connectivity index is 2.50. The van der Waals surface area contributed by atoms with Crippen molar-refractivity contribution in [3.63, 3.8) is 0 Å². The molecule has 0 atom stereocenters. The van der Waals surface area contributed by atoms with E-state index in [0.717, 1.165) is 18.6 Å². The topological polar surface area (TPSA) is 26.3 Å². The van der Waals surface area contributed by atoms with Gasteiger partial charge in [-0.05, 0) is 0 Å². The van der Waals surface area contributed by atoms with Crippen molar-refractivity contribution in [2.45, 2.75) is 20.0 Å². The summed E-state index contributed by atoms with van der Waals surface area (Å²) in [5, 5.41) is 0.604. The van der Waals surface area contributed by atoms with Crippen LogP contribution in [0.3, 0.4) is 0 Å². The van der Waals surface area contributed by atoms with Crippen molar-refractivity contribution < 1.29 is 9.53 Å². The molecule has 0 N–H and O–H groups in total. The predicted molar refractivity (Wildman–Crippen MR) is 52.7 cm³/mol. The number of ketones is 1. The molecule has 0 amide bonds. The maximum Gasteiger partial charge on any atom is 0.171 e. The molecule has 0 saturated carbocycles. The van der Waals surface area contributed by atoms with Crippen molar-refractivity contribution >= 4 is 28.7 Å². The second-order valence-electron chi connectivity index (χ2n) is 3.01. The van der Waals surface area contributed by atoms with E-state index in [1.54, 1.807) is 6.92 Å². The van der Waals surface area contributed by atoms with Crippen molar-refractivity contribution in [2.75, 3.05) is 6.61 Å². The summed E-state index contributed by atoms with van der Waals surface area (Å²) in [5.74, 6) is 0.0457. The normalized spacial score (nSPS) is 15.5. The SMILES string of the molecule is CC(=O)c1sc2c(c1Cl)COCC2. The zero-order valence-corrected chi connectivity index (χ0v) is 8.80. The van der Waals surface area contributed by atoms with Crippen LogP contribution in [0.15, 0.2) is 0 Å². The molecule has 0 spiro atoms. The van der Waals surface area contributed by atoms with Crippen LogP contribution in [0.4, 0.5) is 0 Å². The van der Waals surface area contributed by atoms with E-state index in [1.807, 2.05) is 0 Å². The van der Waals surface area contributed by atoms with E-state index < -0.39 is 0 Å². The quantitative estimate of drug-likeness (QED) is 0.675.